The lowest BCUT2D eigenvalue weighted by molar-refractivity contribution is -0.121. The molecule has 0 saturated carbocycles. The van der Waals surface area contributed by atoms with Crippen LogP contribution in [0, 0.1) is 5.92 Å². The van der Waals surface area contributed by atoms with Crippen LogP contribution in [0.3, 0.4) is 0 Å². The number of amides is 1. The first-order chi connectivity index (χ1) is 9.97. The summed E-state index contributed by atoms with van der Waals surface area (Å²) in [6, 6.07) is 8.29. The molecule has 0 radical (unpaired) electrons. The van der Waals surface area contributed by atoms with Crippen molar-refractivity contribution in [3.8, 4) is 0 Å². The second-order valence-electron chi connectivity index (χ2n) is 6.57. The predicted molar refractivity (Wildman–Crippen MR) is 90.4 cm³/mol. The van der Waals surface area contributed by atoms with E-state index in [2.05, 4.69) is 52.5 Å². The monoisotopic (exact) mass is 352 g/mol. The Morgan fingerprint density at radius 3 is 2.95 bits per heavy atom. The van der Waals surface area contributed by atoms with Crippen molar-refractivity contribution >= 4 is 21.8 Å². The van der Waals surface area contributed by atoms with Crippen molar-refractivity contribution in [1.82, 2.24) is 10.6 Å². The Morgan fingerprint density at radius 1 is 1.48 bits per heavy atom. The highest BCUT2D eigenvalue weighted by atomic mass is 79.9. The number of carbonyl (C=O) groups excluding carboxylic acids is 1. The van der Waals surface area contributed by atoms with Crippen LogP contribution in [0.15, 0.2) is 28.7 Å². The number of halogens is 1. The topological polar surface area (TPSA) is 41.1 Å². The molecule has 116 valence electrons. The highest BCUT2D eigenvalue weighted by Gasteiger charge is 2.22. The summed E-state index contributed by atoms with van der Waals surface area (Å²) in [4.78, 5) is 12.0. The maximum atomic E-state index is 12.0. The number of rotatable bonds is 6. The molecule has 21 heavy (non-hydrogen) atoms. The molecule has 1 saturated heterocycles. The van der Waals surface area contributed by atoms with Gasteiger partial charge < -0.3 is 10.6 Å². The summed E-state index contributed by atoms with van der Waals surface area (Å²) < 4.78 is 1.08. The lowest BCUT2D eigenvalue weighted by Gasteiger charge is -2.26. The third-order valence-electron chi connectivity index (χ3n) is 4.28. The van der Waals surface area contributed by atoms with Crippen molar-refractivity contribution in [3.63, 3.8) is 0 Å². The largest absolute Gasteiger partial charge is 0.355 e. The zero-order valence-electron chi connectivity index (χ0n) is 12.9. The predicted octanol–water partition coefficient (Wildman–Crippen LogP) is 3.23. The fraction of sp³-hybridized carbons (Fsp3) is 0.588. The van der Waals surface area contributed by atoms with E-state index >= 15 is 0 Å². The lowest BCUT2D eigenvalue weighted by atomic mass is 9.84. The molecule has 3 nitrogen and oxygen atoms in total. The first-order valence-electron chi connectivity index (χ1n) is 7.71. The Balaban J connectivity index is 1.79. The molecule has 0 bridgehead atoms. The molecule has 1 aliphatic heterocycles. The summed E-state index contributed by atoms with van der Waals surface area (Å²) >= 11 is 3.50. The molecule has 1 aromatic carbocycles. The maximum absolute atomic E-state index is 12.0. The molecular formula is C17H25BrN2O. The zero-order valence-corrected chi connectivity index (χ0v) is 14.5. The molecule has 1 atom stereocenters. The quantitative estimate of drug-likeness (QED) is 0.825. The van der Waals surface area contributed by atoms with Gasteiger partial charge in [0.1, 0.15) is 0 Å². The van der Waals surface area contributed by atoms with Gasteiger partial charge in [-0.25, -0.2) is 0 Å². The molecule has 0 aromatic heterocycles. The molecular weight excluding hydrogens is 328 g/mol. The number of carbonyl (C=O) groups is 1. The van der Waals surface area contributed by atoms with E-state index in [4.69, 9.17) is 0 Å². The fourth-order valence-electron chi connectivity index (χ4n) is 2.72. The van der Waals surface area contributed by atoms with Crippen LogP contribution in [0.2, 0.25) is 0 Å². The third kappa shape index (κ3) is 5.11. The lowest BCUT2D eigenvalue weighted by Crippen LogP contribution is -2.36. The van der Waals surface area contributed by atoms with Gasteiger partial charge in [0.15, 0.2) is 0 Å². The van der Waals surface area contributed by atoms with E-state index in [1.807, 2.05) is 12.1 Å². The second-order valence-corrected chi connectivity index (χ2v) is 7.48. The van der Waals surface area contributed by atoms with Crippen LogP contribution in [0.25, 0.3) is 0 Å². The average molecular weight is 353 g/mol. The Labute approximate surface area is 136 Å². The fourth-order valence-corrected chi connectivity index (χ4v) is 3.11. The molecule has 1 fully saturated rings. The summed E-state index contributed by atoms with van der Waals surface area (Å²) in [7, 11) is 0. The molecule has 2 N–H and O–H groups in total. The van der Waals surface area contributed by atoms with Crippen LogP contribution in [0.1, 0.15) is 38.7 Å². The number of hydrogen-bond donors (Lipinski definition) is 2. The maximum Gasteiger partial charge on any atom is 0.220 e. The highest BCUT2D eigenvalue weighted by Crippen LogP contribution is 2.25. The molecule has 2 rings (SSSR count). The third-order valence-corrected chi connectivity index (χ3v) is 4.77. The van der Waals surface area contributed by atoms with E-state index in [1.165, 1.54) is 12.0 Å². The van der Waals surface area contributed by atoms with E-state index in [1.54, 1.807) is 0 Å². The zero-order chi connectivity index (χ0) is 15.3. The molecule has 1 unspecified atom stereocenters. The molecule has 1 heterocycles. The summed E-state index contributed by atoms with van der Waals surface area (Å²) in [6.07, 6.45) is 2.84. The minimum atomic E-state index is -0.0612. The summed E-state index contributed by atoms with van der Waals surface area (Å²) in [6.45, 7) is 7.16. The smallest absolute Gasteiger partial charge is 0.220 e. The molecule has 1 aromatic rings. The molecule has 4 heteroatoms. The van der Waals surface area contributed by atoms with E-state index in [9.17, 15) is 4.79 Å². The first-order valence-corrected chi connectivity index (χ1v) is 8.50. The number of hydrogen-bond acceptors (Lipinski definition) is 2. The first kappa shape index (κ1) is 16.5. The van der Waals surface area contributed by atoms with Crippen LogP contribution in [-0.2, 0) is 10.2 Å². The Hall–Kier alpha value is -0.870. The second kappa shape index (κ2) is 7.41. The van der Waals surface area contributed by atoms with Crippen molar-refractivity contribution in [3.05, 3.63) is 34.3 Å². The normalized spacial score (nSPS) is 18.7. The van der Waals surface area contributed by atoms with Crippen molar-refractivity contribution in [2.75, 3.05) is 19.6 Å². The van der Waals surface area contributed by atoms with Crippen molar-refractivity contribution in [2.45, 2.75) is 38.5 Å². The van der Waals surface area contributed by atoms with Gasteiger partial charge in [-0.2, -0.15) is 0 Å². The van der Waals surface area contributed by atoms with Crippen LogP contribution in [0.5, 0.6) is 0 Å². The minimum absolute atomic E-state index is 0.0612. The highest BCUT2D eigenvalue weighted by molar-refractivity contribution is 9.10. The van der Waals surface area contributed by atoms with E-state index in [0.717, 1.165) is 24.0 Å². The summed E-state index contributed by atoms with van der Waals surface area (Å²) in [5.74, 6) is 0.846. The van der Waals surface area contributed by atoms with Gasteiger partial charge in [-0.15, -0.1) is 0 Å². The van der Waals surface area contributed by atoms with E-state index in [-0.39, 0.29) is 11.3 Å². The van der Waals surface area contributed by atoms with Crippen LogP contribution in [0.4, 0.5) is 0 Å². The van der Waals surface area contributed by atoms with Crippen molar-refractivity contribution in [1.29, 1.82) is 0 Å². The molecule has 1 amide bonds. The van der Waals surface area contributed by atoms with Crippen LogP contribution in [-0.4, -0.2) is 25.5 Å². The summed E-state index contributed by atoms with van der Waals surface area (Å²) in [5, 5.41) is 6.43. The molecule has 1 aliphatic rings. The number of nitrogens with one attached hydrogen (secondary N) is 2. The van der Waals surface area contributed by atoms with Crippen LogP contribution >= 0.6 is 15.9 Å². The molecule has 0 aliphatic carbocycles. The summed E-state index contributed by atoms with van der Waals surface area (Å²) in [5.41, 5.74) is 1.17. The van der Waals surface area contributed by atoms with Gasteiger partial charge in [0.05, 0.1) is 0 Å². The van der Waals surface area contributed by atoms with Gasteiger partial charge >= 0.3 is 0 Å². The van der Waals surface area contributed by atoms with Gasteiger partial charge in [0.2, 0.25) is 5.91 Å². The van der Waals surface area contributed by atoms with Gasteiger partial charge in [0, 0.05) is 22.9 Å². The van der Waals surface area contributed by atoms with Gasteiger partial charge in [-0.1, -0.05) is 41.9 Å². The number of benzene rings is 1. The van der Waals surface area contributed by atoms with Gasteiger partial charge in [-0.05, 0) is 49.5 Å². The van der Waals surface area contributed by atoms with Crippen molar-refractivity contribution in [2.24, 2.45) is 5.92 Å². The van der Waals surface area contributed by atoms with Gasteiger partial charge in [0.25, 0.3) is 0 Å². The van der Waals surface area contributed by atoms with Crippen molar-refractivity contribution < 1.29 is 4.79 Å². The Bertz CT molecular complexity index is 481. The molecule has 0 spiro atoms. The minimum Gasteiger partial charge on any atom is -0.355 e. The van der Waals surface area contributed by atoms with E-state index < -0.39 is 0 Å². The van der Waals surface area contributed by atoms with E-state index in [0.29, 0.717) is 18.9 Å². The SMILES string of the molecule is CC(C)(CNC(=O)CCC1CCNC1)c1cccc(Br)c1. The average Bonchev–Trinajstić information content (AvgIpc) is 2.96. The standard InChI is InChI=1S/C17H25BrN2O/c1-17(2,14-4-3-5-15(18)10-14)12-20-16(21)7-6-13-8-9-19-11-13/h3-5,10,13,19H,6-9,11-12H2,1-2H3,(H,20,21). The van der Waals surface area contributed by atoms with Gasteiger partial charge in [-0.3, -0.25) is 4.79 Å². The Morgan fingerprint density at radius 2 is 2.29 bits per heavy atom. The Kier molecular flexibility index (Phi) is 5.82. The van der Waals surface area contributed by atoms with Crippen LogP contribution < -0.4 is 10.6 Å².